The van der Waals surface area contributed by atoms with Crippen LogP contribution >= 0.6 is 0 Å². The quantitative estimate of drug-likeness (QED) is 0.787. The number of nitrogens with one attached hydrogen (secondary N) is 1. The van der Waals surface area contributed by atoms with Crippen molar-refractivity contribution >= 4 is 15.9 Å². The third kappa shape index (κ3) is 3.95. The van der Waals surface area contributed by atoms with Gasteiger partial charge in [-0.05, 0) is 43.9 Å². The van der Waals surface area contributed by atoms with Crippen LogP contribution in [0.4, 0.5) is 0 Å². The topological polar surface area (TPSA) is 86.7 Å². The second-order valence-electron chi connectivity index (χ2n) is 8.15. The van der Waals surface area contributed by atoms with Crippen LogP contribution in [0.25, 0.3) is 0 Å². The van der Waals surface area contributed by atoms with E-state index in [1.54, 1.807) is 37.3 Å². The van der Waals surface area contributed by atoms with Crippen molar-refractivity contribution in [3.8, 4) is 0 Å². The molecular formula is C22H26N2O4S. The van der Waals surface area contributed by atoms with Gasteiger partial charge in [0.05, 0.1) is 22.6 Å². The normalized spacial score (nSPS) is 28.1. The van der Waals surface area contributed by atoms with E-state index in [2.05, 4.69) is 5.32 Å². The maximum atomic E-state index is 13.5. The number of benzene rings is 2. The zero-order chi connectivity index (χ0) is 20.6. The fourth-order valence-electron chi connectivity index (χ4n) is 4.00. The van der Waals surface area contributed by atoms with Crippen molar-refractivity contribution in [1.29, 1.82) is 0 Å². The number of sulfonamides is 1. The SMILES string of the molecule is C[C@@]1(O)CCN(S(=O)(=O)c2ccccc2)[C@@H](c2ccccc2)[C@@H]1NC(=O)C1CC1. The number of amides is 1. The number of carbonyl (C=O) groups excluding carboxylic acids is 1. The second kappa shape index (κ2) is 7.55. The molecule has 1 heterocycles. The molecule has 2 fully saturated rings. The van der Waals surface area contributed by atoms with Gasteiger partial charge in [0, 0.05) is 12.5 Å². The van der Waals surface area contributed by atoms with E-state index in [4.69, 9.17) is 0 Å². The number of nitrogens with zero attached hydrogens (tertiary/aromatic N) is 1. The molecule has 2 aromatic rings. The summed E-state index contributed by atoms with van der Waals surface area (Å²) in [6.07, 6.45) is 1.91. The molecule has 3 atom stereocenters. The van der Waals surface area contributed by atoms with Crippen molar-refractivity contribution in [3.63, 3.8) is 0 Å². The van der Waals surface area contributed by atoms with Gasteiger partial charge in [0.1, 0.15) is 0 Å². The van der Waals surface area contributed by atoms with Crippen LogP contribution in [0.15, 0.2) is 65.6 Å². The van der Waals surface area contributed by atoms with Crippen molar-refractivity contribution in [2.75, 3.05) is 6.54 Å². The Labute approximate surface area is 171 Å². The largest absolute Gasteiger partial charge is 0.388 e. The molecule has 0 radical (unpaired) electrons. The molecule has 2 N–H and O–H groups in total. The van der Waals surface area contributed by atoms with Crippen LogP contribution < -0.4 is 5.32 Å². The third-order valence-corrected chi connectivity index (χ3v) is 7.77. The van der Waals surface area contributed by atoms with Crippen LogP contribution in [0, 0.1) is 5.92 Å². The van der Waals surface area contributed by atoms with Gasteiger partial charge in [0.2, 0.25) is 15.9 Å². The summed E-state index contributed by atoms with van der Waals surface area (Å²) in [4.78, 5) is 12.8. The van der Waals surface area contributed by atoms with E-state index in [1.807, 2.05) is 30.3 Å². The van der Waals surface area contributed by atoms with E-state index < -0.39 is 27.7 Å². The number of piperidine rings is 1. The minimum Gasteiger partial charge on any atom is -0.388 e. The molecule has 1 saturated heterocycles. The van der Waals surface area contributed by atoms with Crippen LogP contribution in [0.5, 0.6) is 0 Å². The van der Waals surface area contributed by atoms with Crippen molar-refractivity contribution in [2.24, 2.45) is 5.92 Å². The Morgan fingerprint density at radius 3 is 2.24 bits per heavy atom. The maximum absolute atomic E-state index is 13.5. The molecule has 6 nitrogen and oxygen atoms in total. The third-order valence-electron chi connectivity index (χ3n) is 5.87. The van der Waals surface area contributed by atoms with Crippen molar-refractivity contribution in [2.45, 2.75) is 48.8 Å². The Kier molecular flexibility index (Phi) is 5.23. The molecule has 2 aliphatic rings. The summed E-state index contributed by atoms with van der Waals surface area (Å²) in [6, 6.07) is 16.1. The fraction of sp³-hybridized carbons (Fsp3) is 0.409. The van der Waals surface area contributed by atoms with Crippen molar-refractivity contribution in [3.05, 3.63) is 66.2 Å². The summed E-state index contributed by atoms with van der Waals surface area (Å²) in [5.74, 6) is -0.154. The van der Waals surface area contributed by atoms with Crippen LogP contribution in [-0.4, -0.2) is 41.9 Å². The lowest BCUT2D eigenvalue weighted by molar-refractivity contribution is -0.128. The zero-order valence-electron chi connectivity index (χ0n) is 16.4. The monoisotopic (exact) mass is 414 g/mol. The smallest absolute Gasteiger partial charge is 0.243 e. The first-order chi connectivity index (χ1) is 13.8. The predicted octanol–water partition coefficient (Wildman–Crippen LogP) is 2.47. The van der Waals surface area contributed by atoms with Crippen LogP contribution in [0.2, 0.25) is 0 Å². The van der Waals surface area contributed by atoms with Gasteiger partial charge in [-0.25, -0.2) is 8.42 Å². The molecule has 0 bridgehead atoms. The van der Waals surface area contributed by atoms with Crippen LogP contribution in [0.1, 0.15) is 37.8 Å². The number of aliphatic hydroxyl groups is 1. The van der Waals surface area contributed by atoms with Crippen LogP contribution in [0.3, 0.4) is 0 Å². The van der Waals surface area contributed by atoms with Gasteiger partial charge >= 0.3 is 0 Å². The van der Waals surface area contributed by atoms with Gasteiger partial charge in [-0.15, -0.1) is 0 Å². The van der Waals surface area contributed by atoms with Gasteiger partial charge < -0.3 is 10.4 Å². The minimum atomic E-state index is -3.81. The molecule has 4 rings (SSSR count). The van der Waals surface area contributed by atoms with Gasteiger partial charge in [0.15, 0.2) is 0 Å². The summed E-state index contributed by atoms with van der Waals surface area (Å²) in [7, 11) is -3.81. The summed E-state index contributed by atoms with van der Waals surface area (Å²) in [5.41, 5.74) is -0.485. The van der Waals surface area contributed by atoms with E-state index >= 15 is 0 Å². The molecule has 1 aliphatic heterocycles. The highest BCUT2D eigenvalue weighted by atomic mass is 32.2. The molecule has 2 aromatic carbocycles. The Bertz CT molecular complexity index is 972. The molecule has 0 aromatic heterocycles. The molecular weight excluding hydrogens is 388 g/mol. The highest BCUT2D eigenvalue weighted by molar-refractivity contribution is 7.89. The van der Waals surface area contributed by atoms with E-state index in [0.29, 0.717) is 0 Å². The lowest BCUT2D eigenvalue weighted by atomic mass is 9.81. The molecule has 1 saturated carbocycles. The standard InChI is InChI=1S/C22H26N2O4S/c1-22(26)14-15-24(29(27,28)18-10-6-3-7-11-18)19(16-8-4-2-5-9-16)20(22)23-21(25)17-12-13-17/h2-11,17,19-20,26H,12-15H2,1H3,(H,23,25)/t19-,20-,22+/m0/s1. The predicted molar refractivity (Wildman–Crippen MR) is 109 cm³/mol. The van der Waals surface area contributed by atoms with Gasteiger partial charge in [-0.2, -0.15) is 4.31 Å². The molecule has 1 aliphatic carbocycles. The van der Waals surface area contributed by atoms with E-state index in [1.165, 1.54) is 4.31 Å². The Morgan fingerprint density at radius 1 is 1.07 bits per heavy atom. The number of carbonyl (C=O) groups is 1. The van der Waals surface area contributed by atoms with Crippen molar-refractivity contribution in [1.82, 2.24) is 9.62 Å². The zero-order valence-corrected chi connectivity index (χ0v) is 17.2. The van der Waals surface area contributed by atoms with Crippen LogP contribution in [-0.2, 0) is 14.8 Å². The van der Waals surface area contributed by atoms with E-state index in [9.17, 15) is 18.3 Å². The first-order valence-electron chi connectivity index (χ1n) is 9.95. The van der Waals surface area contributed by atoms with E-state index in [-0.39, 0.29) is 29.7 Å². The highest BCUT2D eigenvalue weighted by Crippen LogP contribution is 2.41. The lowest BCUT2D eigenvalue weighted by Gasteiger charge is -2.48. The lowest BCUT2D eigenvalue weighted by Crippen LogP contribution is -2.63. The molecule has 1 amide bonds. The number of hydrogen-bond acceptors (Lipinski definition) is 4. The minimum absolute atomic E-state index is 0.0386. The fourth-order valence-corrected chi connectivity index (χ4v) is 5.64. The van der Waals surface area contributed by atoms with Gasteiger partial charge in [-0.1, -0.05) is 48.5 Å². The average molecular weight is 415 g/mol. The van der Waals surface area contributed by atoms with Gasteiger partial charge in [-0.3, -0.25) is 4.79 Å². The second-order valence-corrected chi connectivity index (χ2v) is 10.0. The number of rotatable bonds is 5. The summed E-state index contributed by atoms with van der Waals surface area (Å²) < 4.78 is 28.4. The molecule has 29 heavy (non-hydrogen) atoms. The average Bonchev–Trinajstić information content (AvgIpc) is 3.56. The first kappa shape index (κ1) is 20.1. The van der Waals surface area contributed by atoms with E-state index in [0.717, 1.165) is 18.4 Å². The Morgan fingerprint density at radius 2 is 1.66 bits per heavy atom. The first-order valence-corrected chi connectivity index (χ1v) is 11.4. The summed E-state index contributed by atoms with van der Waals surface area (Å²) in [5, 5.41) is 14.1. The summed E-state index contributed by atoms with van der Waals surface area (Å²) in [6.45, 7) is 1.84. The molecule has 7 heteroatoms. The maximum Gasteiger partial charge on any atom is 0.243 e. The van der Waals surface area contributed by atoms with Crippen molar-refractivity contribution < 1.29 is 18.3 Å². The molecule has 0 unspecified atom stereocenters. The molecule has 154 valence electrons. The molecule has 0 spiro atoms. The Hall–Kier alpha value is -2.22. The Balaban J connectivity index is 1.79. The highest BCUT2D eigenvalue weighted by Gasteiger charge is 2.50. The van der Waals surface area contributed by atoms with Gasteiger partial charge in [0.25, 0.3) is 0 Å². The number of hydrogen-bond donors (Lipinski definition) is 2. The summed E-state index contributed by atoms with van der Waals surface area (Å²) >= 11 is 0.